The molecule has 2 rings (SSSR count). The third-order valence-electron chi connectivity index (χ3n) is 4.44. The Morgan fingerprint density at radius 1 is 1.10 bits per heavy atom. The van der Waals surface area contributed by atoms with Crippen LogP contribution in [0.2, 0.25) is 10.0 Å². The average molecular weight is 314 g/mol. The van der Waals surface area contributed by atoms with E-state index in [1.165, 1.54) is 12.8 Å². The smallest absolute Gasteiger partial charge is 0.144 e. The number of hydrogen-bond acceptors (Lipinski definition) is 2. The number of benzene rings is 1. The van der Waals surface area contributed by atoms with E-state index in [0.717, 1.165) is 31.2 Å². The number of rotatable bonds is 4. The lowest BCUT2D eigenvalue weighted by Crippen LogP contribution is -2.39. The molecule has 2 nitrogen and oxygen atoms in total. The number of hydrogen-bond donors (Lipinski definition) is 1. The Kier molecular flexibility index (Phi) is 5.48. The van der Waals surface area contributed by atoms with Gasteiger partial charge in [-0.05, 0) is 30.5 Å². The van der Waals surface area contributed by atoms with Crippen LogP contribution in [0.1, 0.15) is 44.1 Å². The zero-order chi connectivity index (χ0) is 14.6. The van der Waals surface area contributed by atoms with Gasteiger partial charge in [-0.25, -0.2) is 0 Å². The molecule has 0 saturated heterocycles. The van der Waals surface area contributed by atoms with Crippen molar-refractivity contribution in [1.29, 1.82) is 0 Å². The monoisotopic (exact) mass is 313 g/mol. The van der Waals surface area contributed by atoms with Crippen molar-refractivity contribution >= 4 is 29.0 Å². The molecule has 110 valence electrons. The Labute approximate surface area is 130 Å². The molecule has 0 radical (unpaired) electrons. The molecular weight excluding hydrogens is 293 g/mol. The maximum atomic E-state index is 12.8. The highest BCUT2D eigenvalue weighted by molar-refractivity contribution is 6.36. The van der Waals surface area contributed by atoms with Crippen molar-refractivity contribution in [2.75, 3.05) is 6.54 Å². The molecule has 1 saturated carbocycles. The highest BCUT2D eigenvalue weighted by atomic mass is 35.5. The van der Waals surface area contributed by atoms with Crippen molar-refractivity contribution in [1.82, 2.24) is 0 Å². The van der Waals surface area contributed by atoms with E-state index in [0.29, 0.717) is 16.6 Å². The van der Waals surface area contributed by atoms with E-state index in [9.17, 15) is 4.79 Å². The number of carbonyl (C=O) groups is 1. The fourth-order valence-corrected chi connectivity index (χ4v) is 3.58. The van der Waals surface area contributed by atoms with Crippen LogP contribution in [0.15, 0.2) is 18.2 Å². The number of halogens is 2. The summed E-state index contributed by atoms with van der Waals surface area (Å²) >= 11 is 12.3. The van der Waals surface area contributed by atoms with Gasteiger partial charge in [0, 0.05) is 28.4 Å². The van der Waals surface area contributed by atoms with Crippen molar-refractivity contribution in [3.05, 3.63) is 33.8 Å². The van der Waals surface area contributed by atoms with Crippen molar-refractivity contribution in [3.63, 3.8) is 0 Å². The Morgan fingerprint density at radius 3 is 2.15 bits per heavy atom. The molecule has 0 atom stereocenters. The second-order valence-electron chi connectivity index (χ2n) is 5.70. The zero-order valence-electron chi connectivity index (χ0n) is 11.6. The normalized spacial score (nSPS) is 18.6. The summed E-state index contributed by atoms with van der Waals surface area (Å²) < 4.78 is 0. The van der Waals surface area contributed by atoms with E-state index >= 15 is 0 Å². The maximum absolute atomic E-state index is 12.8. The molecule has 1 aromatic carbocycles. The predicted octanol–water partition coefficient (Wildman–Crippen LogP) is 4.40. The fraction of sp³-hybridized carbons (Fsp3) is 0.562. The predicted molar refractivity (Wildman–Crippen MR) is 84.4 cm³/mol. The lowest BCUT2D eigenvalue weighted by atomic mass is 9.75. The molecule has 0 spiro atoms. The van der Waals surface area contributed by atoms with E-state index in [1.54, 1.807) is 18.2 Å². The van der Waals surface area contributed by atoms with E-state index in [1.807, 2.05) is 0 Å². The summed E-state index contributed by atoms with van der Waals surface area (Å²) in [5.74, 6) is 0.192. The lowest BCUT2D eigenvalue weighted by molar-refractivity contribution is -0.128. The highest BCUT2D eigenvalue weighted by Gasteiger charge is 2.37. The van der Waals surface area contributed by atoms with Crippen LogP contribution in [0.5, 0.6) is 0 Å². The number of carbonyl (C=O) groups excluding carboxylic acids is 1. The molecule has 1 aliphatic carbocycles. The van der Waals surface area contributed by atoms with Gasteiger partial charge in [0.25, 0.3) is 0 Å². The molecule has 0 bridgehead atoms. The van der Waals surface area contributed by atoms with Gasteiger partial charge in [0.05, 0.1) is 0 Å². The molecule has 0 unspecified atom stereocenters. The molecule has 2 N–H and O–H groups in total. The first kappa shape index (κ1) is 15.8. The van der Waals surface area contributed by atoms with E-state index in [4.69, 9.17) is 28.9 Å². The standard InChI is InChI=1S/C16H21Cl2NO/c17-13-6-5-7-14(18)12(13)10-15(20)16(11-19)8-3-1-2-4-9-16/h5-7H,1-4,8-11,19H2. The van der Waals surface area contributed by atoms with Gasteiger partial charge >= 0.3 is 0 Å². The summed E-state index contributed by atoms with van der Waals surface area (Å²) in [6.07, 6.45) is 6.63. The highest BCUT2D eigenvalue weighted by Crippen LogP contribution is 2.37. The van der Waals surface area contributed by atoms with Crippen LogP contribution in [-0.2, 0) is 11.2 Å². The van der Waals surface area contributed by atoms with E-state index in [2.05, 4.69) is 0 Å². The summed E-state index contributed by atoms with van der Waals surface area (Å²) in [5, 5.41) is 1.12. The second kappa shape index (κ2) is 6.93. The van der Waals surface area contributed by atoms with Crippen LogP contribution in [0.3, 0.4) is 0 Å². The van der Waals surface area contributed by atoms with Crippen LogP contribution >= 0.6 is 23.2 Å². The topological polar surface area (TPSA) is 43.1 Å². The zero-order valence-corrected chi connectivity index (χ0v) is 13.1. The molecule has 1 fully saturated rings. The van der Waals surface area contributed by atoms with Gasteiger partial charge < -0.3 is 5.73 Å². The second-order valence-corrected chi connectivity index (χ2v) is 6.51. The van der Waals surface area contributed by atoms with Gasteiger partial charge in [-0.3, -0.25) is 4.79 Å². The van der Waals surface area contributed by atoms with E-state index in [-0.39, 0.29) is 17.6 Å². The van der Waals surface area contributed by atoms with Crippen LogP contribution < -0.4 is 5.73 Å². The molecule has 0 amide bonds. The van der Waals surface area contributed by atoms with Crippen molar-refractivity contribution in [3.8, 4) is 0 Å². The summed E-state index contributed by atoms with van der Waals surface area (Å²) in [6.45, 7) is 0.425. The minimum absolute atomic E-state index is 0.192. The summed E-state index contributed by atoms with van der Waals surface area (Å²) in [5.41, 5.74) is 6.31. The van der Waals surface area contributed by atoms with Crippen molar-refractivity contribution < 1.29 is 4.79 Å². The average Bonchev–Trinajstić information content (AvgIpc) is 2.69. The van der Waals surface area contributed by atoms with Crippen LogP contribution in [0.4, 0.5) is 0 Å². The first-order valence-electron chi connectivity index (χ1n) is 7.25. The minimum Gasteiger partial charge on any atom is -0.329 e. The quantitative estimate of drug-likeness (QED) is 0.837. The number of ketones is 1. The van der Waals surface area contributed by atoms with Gasteiger partial charge in [0.1, 0.15) is 5.78 Å². The molecule has 0 heterocycles. The van der Waals surface area contributed by atoms with Gasteiger partial charge in [0.2, 0.25) is 0 Å². The summed E-state index contributed by atoms with van der Waals surface area (Å²) in [6, 6.07) is 5.35. The van der Waals surface area contributed by atoms with Gasteiger partial charge in [-0.2, -0.15) is 0 Å². The molecule has 1 aliphatic rings. The fourth-order valence-electron chi connectivity index (χ4n) is 3.05. The van der Waals surface area contributed by atoms with Crippen LogP contribution in [0.25, 0.3) is 0 Å². The Bertz CT molecular complexity index is 459. The van der Waals surface area contributed by atoms with Gasteiger partial charge in [-0.1, -0.05) is 55.0 Å². The molecule has 1 aromatic rings. The first-order valence-corrected chi connectivity index (χ1v) is 8.01. The molecule has 20 heavy (non-hydrogen) atoms. The van der Waals surface area contributed by atoms with Gasteiger partial charge in [-0.15, -0.1) is 0 Å². The van der Waals surface area contributed by atoms with Gasteiger partial charge in [0.15, 0.2) is 0 Å². The molecule has 0 aromatic heterocycles. The van der Waals surface area contributed by atoms with Crippen molar-refractivity contribution in [2.45, 2.75) is 44.9 Å². The molecule has 4 heteroatoms. The minimum atomic E-state index is -0.376. The van der Waals surface area contributed by atoms with Crippen LogP contribution in [0, 0.1) is 5.41 Å². The Morgan fingerprint density at radius 2 is 1.65 bits per heavy atom. The third-order valence-corrected chi connectivity index (χ3v) is 5.15. The lowest BCUT2D eigenvalue weighted by Gasteiger charge is -2.30. The SMILES string of the molecule is NCC1(C(=O)Cc2c(Cl)cccc2Cl)CCCCCC1. The third kappa shape index (κ3) is 3.36. The molecule has 0 aliphatic heterocycles. The van der Waals surface area contributed by atoms with Crippen molar-refractivity contribution in [2.24, 2.45) is 11.1 Å². The first-order chi connectivity index (χ1) is 9.59. The number of nitrogens with two attached hydrogens (primary N) is 1. The Balaban J connectivity index is 2.21. The summed E-state index contributed by atoms with van der Waals surface area (Å²) in [7, 11) is 0. The number of Topliss-reactive ketones (excluding diaryl/α,β-unsaturated/α-hetero) is 1. The Hall–Kier alpha value is -0.570. The summed E-state index contributed by atoms with van der Waals surface area (Å²) in [4.78, 5) is 12.8. The molecular formula is C16H21Cl2NO. The van der Waals surface area contributed by atoms with Crippen LogP contribution in [-0.4, -0.2) is 12.3 Å². The van der Waals surface area contributed by atoms with E-state index < -0.39 is 0 Å². The largest absolute Gasteiger partial charge is 0.329 e. The maximum Gasteiger partial charge on any atom is 0.144 e.